The number of anilines is 1. The van der Waals surface area contributed by atoms with E-state index in [1.54, 1.807) is 57.1 Å². The van der Waals surface area contributed by atoms with Crippen LogP contribution >= 0.6 is 11.3 Å². The van der Waals surface area contributed by atoms with Crippen molar-refractivity contribution in [1.82, 2.24) is 4.57 Å². The third-order valence-electron chi connectivity index (χ3n) is 7.78. The summed E-state index contributed by atoms with van der Waals surface area (Å²) in [5.74, 6) is 2.20. The van der Waals surface area contributed by atoms with Gasteiger partial charge in [0.25, 0.3) is 11.5 Å². The lowest BCUT2D eigenvalue weighted by atomic mass is 9.94. The lowest BCUT2D eigenvalue weighted by molar-refractivity contribution is -0.113. The molecule has 47 heavy (non-hydrogen) atoms. The Labute approximate surface area is 275 Å². The van der Waals surface area contributed by atoms with Gasteiger partial charge in [0, 0.05) is 17.3 Å². The molecule has 0 fully saturated rings. The Hall–Kier alpha value is -5.61. The third-order valence-corrected chi connectivity index (χ3v) is 8.76. The van der Waals surface area contributed by atoms with Gasteiger partial charge < -0.3 is 24.3 Å². The van der Waals surface area contributed by atoms with Gasteiger partial charge in [-0.25, -0.2) is 4.99 Å². The van der Waals surface area contributed by atoms with Crippen LogP contribution in [0, 0.1) is 0 Å². The molecule has 5 aromatic rings. The topological polar surface area (TPSA) is 100 Å². The molecule has 0 saturated carbocycles. The highest BCUT2D eigenvalue weighted by molar-refractivity contribution is 7.07. The highest BCUT2D eigenvalue weighted by atomic mass is 32.1. The summed E-state index contributed by atoms with van der Waals surface area (Å²) in [4.78, 5) is 33.3. The molecule has 0 spiro atoms. The first-order chi connectivity index (χ1) is 22.9. The summed E-state index contributed by atoms with van der Waals surface area (Å²) < 4.78 is 24.4. The zero-order valence-electron chi connectivity index (χ0n) is 26.4. The number of methoxy groups -OCH3 is 3. The SMILES string of the molecule is COc1ccc(COc2ccc(/C=c3\sc4n(c3=O)[C@H](c3ccc(OC)cc3OC)C(C(=O)Nc3ccccc3)=C(C)N=4)cc2)cc1. The van der Waals surface area contributed by atoms with E-state index in [0.29, 0.717) is 55.7 Å². The fourth-order valence-corrected chi connectivity index (χ4v) is 6.42. The molecule has 1 aliphatic heterocycles. The normalized spacial score (nSPS) is 14.2. The first-order valence-electron chi connectivity index (χ1n) is 14.8. The number of allylic oxidation sites excluding steroid dienone is 1. The van der Waals surface area contributed by atoms with Crippen LogP contribution in [0.4, 0.5) is 5.69 Å². The number of hydrogen-bond acceptors (Lipinski definition) is 8. The molecule has 0 unspecified atom stereocenters. The van der Waals surface area contributed by atoms with Gasteiger partial charge >= 0.3 is 0 Å². The number of para-hydroxylation sites is 1. The fraction of sp³-hybridized carbons (Fsp3) is 0.162. The number of fused-ring (bicyclic) bond motifs is 1. The molecule has 0 aliphatic carbocycles. The van der Waals surface area contributed by atoms with Gasteiger partial charge in [0.05, 0.1) is 37.1 Å². The van der Waals surface area contributed by atoms with Crippen LogP contribution in [0.3, 0.4) is 0 Å². The molecular weight excluding hydrogens is 614 g/mol. The predicted molar refractivity (Wildman–Crippen MR) is 182 cm³/mol. The summed E-state index contributed by atoms with van der Waals surface area (Å²) in [6.07, 6.45) is 1.82. The van der Waals surface area contributed by atoms with Crippen LogP contribution in [-0.4, -0.2) is 31.8 Å². The van der Waals surface area contributed by atoms with Crippen molar-refractivity contribution in [2.45, 2.75) is 19.6 Å². The van der Waals surface area contributed by atoms with E-state index in [1.165, 1.54) is 11.3 Å². The first-order valence-corrected chi connectivity index (χ1v) is 15.7. The summed E-state index contributed by atoms with van der Waals surface area (Å²) in [6.45, 7) is 2.20. The quantitative estimate of drug-likeness (QED) is 0.216. The van der Waals surface area contributed by atoms with Gasteiger partial charge in [-0.3, -0.25) is 14.2 Å². The van der Waals surface area contributed by atoms with Crippen molar-refractivity contribution in [2.24, 2.45) is 4.99 Å². The monoisotopic (exact) mass is 647 g/mol. The second-order valence-corrected chi connectivity index (χ2v) is 11.7. The molecule has 2 heterocycles. The number of hydrogen-bond donors (Lipinski definition) is 1. The number of nitrogens with one attached hydrogen (secondary N) is 1. The van der Waals surface area contributed by atoms with E-state index in [-0.39, 0.29) is 11.5 Å². The number of ether oxygens (including phenoxy) is 4. The number of thiazole rings is 1. The molecule has 238 valence electrons. The molecule has 1 amide bonds. The van der Waals surface area contributed by atoms with E-state index >= 15 is 0 Å². The smallest absolute Gasteiger partial charge is 0.271 e. The molecule has 4 aromatic carbocycles. The van der Waals surface area contributed by atoms with Crippen LogP contribution < -0.4 is 39.2 Å². The Morgan fingerprint density at radius 3 is 2.23 bits per heavy atom. The Morgan fingerprint density at radius 2 is 1.55 bits per heavy atom. The number of benzene rings is 4. The van der Waals surface area contributed by atoms with E-state index in [1.807, 2.05) is 78.9 Å². The van der Waals surface area contributed by atoms with Gasteiger partial charge in [-0.2, -0.15) is 0 Å². The zero-order chi connectivity index (χ0) is 32.9. The largest absolute Gasteiger partial charge is 0.497 e. The first kappa shape index (κ1) is 31.4. The molecule has 10 heteroatoms. The third kappa shape index (κ3) is 6.68. The Morgan fingerprint density at radius 1 is 0.872 bits per heavy atom. The van der Waals surface area contributed by atoms with E-state index < -0.39 is 6.04 Å². The summed E-state index contributed by atoms with van der Waals surface area (Å²) in [5.41, 5.74) is 3.68. The van der Waals surface area contributed by atoms with Crippen LogP contribution in [0.25, 0.3) is 6.08 Å². The Balaban J connectivity index is 1.36. The molecule has 6 rings (SSSR count). The number of aromatic nitrogens is 1. The maximum atomic E-state index is 14.2. The van der Waals surface area contributed by atoms with Crippen LogP contribution in [0.2, 0.25) is 0 Å². The number of carbonyl (C=O) groups is 1. The second-order valence-electron chi connectivity index (χ2n) is 10.7. The minimum atomic E-state index is -0.799. The van der Waals surface area contributed by atoms with Crippen molar-refractivity contribution >= 4 is 29.0 Å². The maximum Gasteiger partial charge on any atom is 0.271 e. The molecule has 1 aromatic heterocycles. The molecule has 1 aliphatic rings. The van der Waals surface area contributed by atoms with Crippen molar-refractivity contribution in [3.8, 4) is 23.0 Å². The van der Waals surface area contributed by atoms with Crippen molar-refractivity contribution < 1.29 is 23.7 Å². The van der Waals surface area contributed by atoms with E-state index in [2.05, 4.69) is 5.32 Å². The highest BCUT2D eigenvalue weighted by Crippen LogP contribution is 2.37. The van der Waals surface area contributed by atoms with Crippen molar-refractivity contribution in [2.75, 3.05) is 26.6 Å². The molecule has 1 atom stereocenters. The van der Waals surface area contributed by atoms with E-state index in [4.69, 9.17) is 23.9 Å². The lowest BCUT2D eigenvalue weighted by Crippen LogP contribution is -2.40. The number of amides is 1. The van der Waals surface area contributed by atoms with Crippen LogP contribution in [0.15, 0.2) is 118 Å². The summed E-state index contributed by atoms with van der Waals surface area (Å²) in [5, 5.41) is 2.97. The summed E-state index contributed by atoms with van der Waals surface area (Å²) in [7, 11) is 4.75. The van der Waals surface area contributed by atoms with Gasteiger partial charge in [-0.05, 0) is 72.7 Å². The zero-order valence-corrected chi connectivity index (χ0v) is 27.2. The standard InChI is InChI=1S/C37H33N3O6S/c1-23-33(35(41)39-26-8-6-5-7-9-26)34(30-19-18-29(44-3)21-31(30)45-4)40-36(42)32(47-37(40)38-23)20-24-10-16-28(17-11-24)46-22-25-12-14-27(43-2)15-13-25/h5-21,34H,22H2,1-4H3,(H,39,41)/b32-20-/t34-/m1/s1. The fourth-order valence-electron chi connectivity index (χ4n) is 5.37. The molecule has 1 N–H and O–H groups in total. The van der Waals surface area contributed by atoms with Crippen LogP contribution in [0.1, 0.15) is 29.7 Å². The maximum absolute atomic E-state index is 14.2. The lowest BCUT2D eigenvalue weighted by Gasteiger charge is -2.26. The number of nitrogens with zero attached hydrogens (tertiary/aromatic N) is 2. The summed E-state index contributed by atoms with van der Waals surface area (Å²) in [6, 6.07) is 29.0. The van der Waals surface area contributed by atoms with Gasteiger partial charge in [0.15, 0.2) is 4.80 Å². The van der Waals surface area contributed by atoms with Crippen LogP contribution in [-0.2, 0) is 11.4 Å². The summed E-state index contributed by atoms with van der Waals surface area (Å²) >= 11 is 1.27. The highest BCUT2D eigenvalue weighted by Gasteiger charge is 2.34. The van der Waals surface area contributed by atoms with Gasteiger partial charge in [0.1, 0.15) is 35.6 Å². The Kier molecular flexibility index (Phi) is 9.21. The van der Waals surface area contributed by atoms with E-state index in [9.17, 15) is 9.59 Å². The van der Waals surface area contributed by atoms with E-state index in [0.717, 1.165) is 16.9 Å². The van der Waals surface area contributed by atoms with Gasteiger partial charge in [-0.1, -0.05) is 53.8 Å². The Bertz CT molecular complexity index is 2120. The average molecular weight is 648 g/mol. The molecule has 0 radical (unpaired) electrons. The van der Waals surface area contributed by atoms with Gasteiger partial charge in [-0.15, -0.1) is 0 Å². The number of rotatable bonds is 10. The molecule has 0 bridgehead atoms. The van der Waals surface area contributed by atoms with Crippen molar-refractivity contribution in [3.05, 3.63) is 145 Å². The minimum absolute atomic E-state index is 0.269. The molecular formula is C37H33N3O6S. The molecule has 0 saturated heterocycles. The van der Waals surface area contributed by atoms with Crippen molar-refractivity contribution in [1.29, 1.82) is 0 Å². The van der Waals surface area contributed by atoms with Crippen molar-refractivity contribution in [3.63, 3.8) is 0 Å². The van der Waals surface area contributed by atoms with Gasteiger partial charge in [0.2, 0.25) is 0 Å². The van der Waals surface area contributed by atoms with Crippen LogP contribution in [0.5, 0.6) is 23.0 Å². The molecule has 9 nitrogen and oxygen atoms in total. The number of carbonyl (C=O) groups excluding carboxylic acids is 1. The average Bonchev–Trinajstić information content (AvgIpc) is 3.41. The predicted octanol–water partition coefficient (Wildman–Crippen LogP) is 5.48. The minimum Gasteiger partial charge on any atom is -0.497 e. The second kappa shape index (κ2) is 13.8.